The maximum Gasteiger partial charge on any atom is 0.321 e. The standard InChI is InChI=1S/C16H24INO5/c1-5-8-11(17)10-9-18(4)14(19)12(10)13(15(20)22-6-2)16(21)23-7-3/h12-13H,5-9H2,1-4H3/b11-10-. The summed E-state index contributed by atoms with van der Waals surface area (Å²) in [5.41, 5.74) is 0.825. The van der Waals surface area contributed by atoms with Gasteiger partial charge in [0.2, 0.25) is 5.91 Å². The van der Waals surface area contributed by atoms with E-state index in [0.29, 0.717) is 6.54 Å². The Morgan fingerprint density at radius 3 is 2.17 bits per heavy atom. The van der Waals surface area contributed by atoms with Gasteiger partial charge >= 0.3 is 11.9 Å². The molecule has 1 amide bonds. The van der Waals surface area contributed by atoms with Crippen molar-refractivity contribution in [2.24, 2.45) is 11.8 Å². The number of nitrogens with zero attached hydrogens (tertiary/aromatic N) is 1. The van der Waals surface area contributed by atoms with Crippen LogP contribution >= 0.6 is 22.6 Å². The Hall–Kier alpha value is -1.12. The summed E-state index contributed by atoms with van der Waals surface area (Å²) in [5, 5.41) is 0. The van der Waals surface area contributed by atoms with Gasteiger partial charge in [0.25, 0.3) is 0 Å². The molecule has 6 nitrogen and oxygen atoms in total. The highest BCUT2D eigenvalue weighted by atomic mass is 127. The Kier molecular flexibility index (Phi) is 8.01. The number of likely N-dealkylation sites (tertiary alicyclic amines) is 1. The van der Waals surface area contributed by atoms with Crippen molar-refractivity contribution < 1.29 is 23.9 Å². The largest absolute Gasteiger partial charge is 0.465 e. The van der Waals surface area contributed by atoms with Crippen molar-refractivity contribution in [1.29, 1.82) is 0 Å². The van der Waals surface area contributed by atoms with E-state index in [0.717, 1.165) is 22.0 Å². The summed E-state index contributed by atoms with van der Waals surface area (Å²) in [6.45, 7) is 6.10. The molecule has 0 aromatic carbocycles. The second-order valence-electron chi connectivity index (χ2n) is 5.33. The van der Waals surface area contributed by atoms with Gasteiger partial charge in [-0.05, 0) is 52.0 Å². The normalized spacial score (nSPS) is 20.0. The van der Waals surface area contributed by atoms with Crippen LogP contribution in [0, 0.1) is 11.8 Å². The van der Waals surface area contributed by atoms with Gasteiger partial charge < -0.3 is 14.4 Å². The van der Waals surface area contributed by atoms with E-state index in [1.54, 1.807) is 25.8 Å². The Balaban J connectivity index is 3.28. The molecule has 7 heteroatoms. The van der Waals surface area contributed by atoms with Gasteiger partial charge in [0.15, 0.2) is 5.92 Å². The van der Waals surface area contributed by atoms with Gasteiger partial charge in [-0.3, -0.25) is 14.4 Å². The second-order valence-corrected chi connectivity index (χ2v) is 6.64. The maximum atomic E-state index is 12.6. The average Bonchev–Trinajstić information content (AvgIpc) is 2.77. The van der Waals surface area contributed by atoms with E-state index in [1.165, 1.54) is 0 Å². The van der Waals surface area contributed by atoms with Crippen molar-refractivity contribution in [3.63, 3.8) is 0 Å². The highest BCUT2D eigenvalue weighted by Gasteiger charge is 2.48. The zero-order valence-corrected chi connectivity index (χ0v) is 16.2. The van der Waals surface area contributed by atoms with Gasteiger partial charge in [-0.25, -0.2) is 0 Å². The summed E-state index contributed by atoms with van der Waals surface area (Å²) >= 11 is 2.20. The maximum absolute atomic E-state index is 12.6. The molecule has 23 heavy (non-hydrogen) atoms. The van der Waals surface area contributed by atoms with Crippen LogP contribution in [0.1, 0.15) is 33.6 Å². The smallest absolute Gasteiger partial charge is 0.321 e. The van der Waals surface area contributed by atoms with Crippen LogP contribution in [-0.2, 0) is 23.9 Å². The minimum atomic E-state index is -1.23. The second kappa shape index (κ2) is 9.24. The molecule has 0 spiro atoms. The molecule has 0 radical (unpaired) electrons. The molecule has 130 valence electrons. The van der Waals surface area contributed by atoms with Gasteiger partial charge in [-0.2, -0.15) is 0 Å². The fourth-order valence-electron chi connectivity index (χ4n) is 2.63. The molecule has 1 unspecified atom stereocenters. The van der Waals surface area contributed by atoms with E-state index >= 15 is 0 Å². The number of carbonyl (C=O) groups is 3. The number of rotatable bonds is 7. The SMILES string of the molecule is CCC/C(I)=C1\CN(C)C(=O)C1C(C(=O)OCC)C(=O)OCC. The van der Waals surface area contributed by atoms with Crippen LogP contribution in [0.3, 0.4) is 0 Å². The molecule has 0 aromatic rings. The molecule has 1 aliphatic rings. The minimum absolute atomic E-state index is 0.149. The average molecular weight is 437 g/mol. The highest BCUT2D eigenvalue weighted by molar-refractivity contribution is 14.1. The third-order valence-corrected chi connectivity index (χ3v) is 4.89. The number of esters is 2. The van der Waals surface area contributed by atoms with Crippen LogP contribution in [0.2, 0.25) is 0 Å². The number of ether oxygens (including phenoxy) is 2. The molecule has 1 fully saturated rings. The fraction of sp³-hybridized carbons (Fsp3) is 0.688. The zero-order chi connectivity index (χ0) is 17.6. The van der Waals surface area contributed by atoms with E-state index in [2.05, 4.69) is 22.6 Å². The fourth-order valence-corrected chi connectivity index (χ4v) is 3.67. The molecule has 0 N–H and O–H groups in total. The van der Waals surface area contributed by atoms with E-state index < -0.39 is 23.8 Å². The molecule has 0 bridgehead atoms. The first kappa shape index (κ1) is 19.9. The van der Waals surface area contributed by atoms with Gasteiger partial charge in [0.05, 0.1) is 19.1 Å². The summed E-state index contributed by atoms with van der Waals surface area (Å²) in [7, 11) is 1.67. The topological polar surface area (TPSA) is 72.9 Å². The van der Waals surface area contributed by atoms with Crippen LogP contribution in [-0.4, -0.2) is 49.6 Å². The number of hydrogen-bond acceptors (Lipinski definition) is 5. The molecule has 1 aliphatic heterocycles. The first-order chi connectivity index (χ1) is 10.9. The molecular weight excluding hydrogens is 413 g/mol. The predicted octanol–water partition coefficient (Wildman–Crippen LogP) is 2.31. The Morgan fingerprint density at radius 2 is 1.74 bits per heavy atom. The van der Waals surface area contributed by atoms with E-state index in [4.69, 9.17) is 9.47 Å². The number of amides is 1. The van der Waals surface area contributed by atoms with Crippen LogP contribution < -0.4 is 0 Å². The van der Waals surface area contributed by atoms with E-state index in [9.17, 15) is 14.4 Å². The first-order valence-electron chi connectivity index (χ1n) is 7.84. The summed E-state index contributed by atoms with van der Waals surface area (Å²) < 4.78 is 11.1. The molecule has 1 saturated heterocycles. The summed E-state index contributed by atoms with van der Waals surface area (Å²) in [4.78, 5) is 38.7. The van der Waals surface area contributed by atoms with Crippen LogP contribution in [0.15, 0.2) is 9.15 Å². The predicted molar refractivity (Wildman–Crippen MR) is 93.8 cm³/mol. The lowest BCUT2D eigenvalue weighted by Crippen LogP contribution is -2.39. The number of allylic oxidation sites excluding steroid dienone is 1. The van der Waals surface area contributed by atoms with Crippen LogP contribution in [0.5, 0.6) is 0 Å². The number of hydrogen-bond donors (Lipinski definition) is 0. The third kappa shape index (κ3) is 4.68. The highest BCUT2D eigenvalue weighted by Crippen LogP contribution is 2.36. The number of halogens is 1. The summed E-state index contributed by atoms with van der Waals surface area (Å²) in [6.07, 6.45) is 1.74. The molecule has 1 rings (SSSR count). The Morgan fingerprint density at radius 1 is 1.22 bits per heavy atom. The quantitative estimate of drug-likeness (QED) is 0.347. The molecule has 0 saturated carbocycles. The van der Waals surface area contributed by atoms with Crippen molar-refractivity contribution >= 4 is 40.4 Å². The summed E-state index contributed by atoms with van der Waals surface area (Å²) in [5.74, 6) is -3.69. The van der Waals surface area contributed by atoms with Crippen molar-refractivity contribution in [3.8, 4) is 0 Å². The third-order valence-electron chi connectivity index (χ3n) is 3.66. The molecule has 0 aromatic heterocycles. The monoisotopic (exact) mass is 437 g/mol. The first-order valence-corrected chi connectivity index (χ1v) is 8.92. The minimum Gasteiger partial charge on any atom is -0.465 e. The van der Waals surface area contributed by atoms with Gasteiger partial charge in [-0.1, -0.05) is 13.3 Å². The summed E-state index contributed by atoms with van der Waals surface area (Å²) in [6, 6.07) is 0. The van der Waals surface area contributed by atoms with Crippen molar-refractivity contribution in [3.05, 3.63) is 9.15 Å². The van der Waals surface area contributed by atoms with Crippen LogP contribution in [0.25, 0.3) is 0 Å². The lowest BCUT2D eigenvalue weighted by atomic mass is 9.86. The van der Waals surface area contributed by atoms with Crippen molar-refractivity contribution in [1.82, 2.24) is 4.90 Å². The molecule has 1 heterocycles. The lowest BCUT2D eigenvalue weighted by molar-refractivity contribution is -0.165. The Bertz CT molecular complexity index is 485. The molecular formula is C16H24INO5. The lowest BCUT2D eigenvalue weighted by Gasteiger charge is -2.20. The van der Waals surface area contributed by atoms with Crippen molar-refractivity contribution in [2.45, 2.75) is 33.6 Å². The number of carbonyl (C=O) groups excluding carboxylic acids is 3. The zero-order valence-electron chi connectivity index (χ0n) is 14.1. The van der Waals surface area contributed by atoms with Gasteiger partial charge in [0.1, 0.15) is 0 Å². The van der Waals surface area contributed by atoms with Gasteiger partial charge in [-0.15, -0.1) is 0 Å². The Labute approximate surface area is 150 Å². The molecule has 0 aliphatic carbocycles. The van der Waals surface area contributed by atoms with Gasteiger partial charge in [0, 0.05) is 13.6 Å². The van der Waals surface area contributed by atoms with E-state index in [-0.39, 0.29) is 19.1 Å². The molecule has 1 atom stereocenters. The van der Waals surface area contributed by atoms with Crippen molar-refractivity contribution in [2.75, 3.05) is 26.8 Å². The van der Waals surface area contributed by atoms with Crippen LogP contribution in [0.4, 0.5) is 0 Å². The number of likely N-dealkylation sites (N-methyl/N-ethyl adjacent to an activating group) is 1. The van der Waals surface area contributed by atoms with E-state index in [1.807, 2.05) is 6.92 Å².